The Hall–Kier alpha value is -3.15. The molecule has 0 bridgehead atoms. The lowest BCUT2D eigenvalue weighted by atomic mass is 10.00. The molecule has 0 aliphatic rings. The Morgan fingerprint density at radius 2 is 1.80 bits per heavy atom. The van der Waals surface area contributed by atoms with Gasteiger partial charge in [-0.25, -0.2) is 9.78 Å². The monoisotopic (exact) mass is 412 g/mol. The second kappa shape index (κ2) is 12.4. The Labute approximate surface area is 179 Å². The summed E-state index contributed by atoms with van der Waals surface area (Å²) in [5.41, 5.74) is 5.45. The van der Waals surface area contributed by atoms with Gasteiger partial charge in [0, 0.05) is 5.56 Å². The number of benzene rings is 1. The number of carbonyl (C=O) groups is 1. The Morgan fingerprint density at radius 3 is 2.40 bits per heavy atom. The summed E-state index contributed by atoms with van der Waals surface area (Å²) in [7, 11) is 2.87. The van der Waals surface area contributed by atoms with Gasteiger partial charge in [-0.05, 0) is 50.5 Å². The van der Waals surface area contributed by atoms with Crippen LogP contribution < -0.4 is 4.74 Å². The molecule has 6 heteroatoms. The SMILES string of the molecule is C/C=C(\C(=O)OC)c1ccccc1COc1nc(/C(C)=N\OC)c(C)cc1C.CC. The third-order valence-electron chi connectivity index (χ3n) is 4.29. The van der Waals surface area contributed by atoms with Crippen molar-refractivity contribution in [3.8, 4) is 5.88 Å². The number of hydrogen-bond acceptors (Lipinski definition) is 6. The molecule has 0 amide bonds. The molecule has 2 aromatic rings. The van der Waals surface area contributed by atoms with Crippen molar-refractivity contribution >= 4 is 17.3 Å². The first kappa shape index (κ1) is 24.9. The van der Waals surface area contributed by atoms with Crippen molar-refractivity contribution in [2.24, 2.45) is 5.16 Å². The van der Waals surface area contributed by atoms with E-state index < -0.39 is 0 Å². The minimum Gasteiger partial charge on any atom is -0.473 e. The van der Waals surface area contributed by atoms with Gasteiger partial charge in [-0.1, -0.05) is 49.3 Å². The number of pyridine rings is 1. The molecular weight excluding hydrogens is 380 g/mol. The highest BCUT2D eigenvalue weighted by atomic mass is 16.6. The van der Waals surface area contributed by atoms with Crippen LogP contribution in [0.5, 0.6) is 5.88 Å². The average Bonchev–Trinajstić information content (AvgIpc) is 2.75. The smallest absolute Gasteiger partial charge is 0.338 e. The molecule has 162 valence electrons. The lowest BCUT2D eigenvalue weighted by Crippen LogP contribution is -2.10. The van der Waals surface area contributed by atoms with E-state index in [2.05, 4.69) is 10.1 Å². The predicted octanol–water partition coefficient (Wildman–Crippen LogP) is 5.25. The fourth-order valence-electron chi connectivity index (χ4n) is 2.97. The summed E-state index contributed by atoms with van der Waals surface area (Å²) < 4.78 is 10.9. The van der Waals surface area contributed by atoms with Crippen LogP contribution in [0.4, 0.5) is 0 Å². The van der Waals surface area contributed by atoms with Gasteiger partial charge in [-0.2, -0.15) is 0 Å². The maximum absolute atomic E-state index is 12.1. The minimum atomic E-state index is -0.381. The molecule has 0 saturated carbocycles. The van der Waals surface area contributed by atoms with Gasteiger partial charge >= 0.3 is 5.97 Å². The maximum Gasteiger partial charge on any atom is 0.338 e. The number of esters is 1. The molecule has 0 saturated heterocycles. The summed E-state index contributed by atoms with van der Waals surface area (Å²) in [6, 6.07) is 9.58. The number of nitrogens with zero attached hydrogens (tertiary/aromatic N) is 2. The number of methoxy groups -OCH3 is 1. The lowest BCUT2D eigenvalue weighted by molar-refractivity contribution is -0.133. The normalized spacial score (nSPS) is 11.3. The van der Waals surface area contributed by atoms with E-state index in [1.54, 1.807) is 13.0 Å². The van der Waals surface area contributed by atoms with Crippen molar-refractivity contribution in [3.63, 3.8) is 0 Å². The number of ether oxygens (including phenoxy) is 2. The second-order valence-corrected chi connectivity index (χ2v) is 6.27. The molecule has 0 spiro atoms. The standard InChI is InChI=1S/C22H26N2O4.C2H6/c1-7-18(22(25)26-5)19-11-9-8-10-17(19)13-28-21-15(3)12-14(2)20(23-21)16(4)24-27-6;1-2/h7-12H,13H2,1-6H3;1-2H3/b18-7-,24-16-;. The molecule has 0 aliphatic heterocycles. The van der Waals surface area contributed by atoms with Gasteiger partial charge < -0.3 is 14.3 Å². The van der Waals surface area contributed by atoms with Crippen LogP contribution in [0.15, 0.2) is 41.6 Å². The van der Waals surface area contributed by atoms with Crippen molar-refractivity contribution in [2.45, 2.75) is 48.1 Å². The van der Waals surface area contributed by atoms with Gasteiger partial charge in [0.1, 0.15) is 19.4 Å². The van der Waals surface area contributed by atoms with Crippen LogP contribution in [0.2, 0.25) is 0 Å². The first-order valence-electron chi connectivity index (χ1n) is 9.95. The number of aryl methyl sites for hydroxylation is 2. The Bertz CT molecular complexity index is 917. The van der Waals surface area contributed by atoms with Gasteiger partial charge in [0.25, 0.3) is 0 Å². The first-order valence-corrected chi connectivity index (χ1v) is 9.95. The van der Waals surface area contributed by atoms with Crippen LogP contribution in [-0.4, -0.2) is 30.9 Å². The Balaban J connectivity index is 0.00000218. The van der Waals surface area contributed by atoms with E-state index in [0.717, 1.165) is 27.9 Å². The fourth-order valence-corrected chi connectivity index (χ4v) is 2.97. The van der Waals surface area contributed by atoms with Crippen LogP contribution in [0.3, 0.4) is 0 Å². The molecule has 2 rings (SSSR count). The van der Waals surface area contributed by atoms with Crippen LogP contribution in [0.25, 0.3) is 5.57 Å². The summed E-state index contributed by atoms with van der Waals surface area (Å²) in [6.07, 6.45) is 1.74. The zero-order valence-corrected chi connectivity index (χ0v) is 19.2. The number of rotatable bonds is 7. The Morgan fingerprint density at radius 1 is 1.13 bits per heavy atom. The third-order valence-corrected chi connectivity index (χ3v) is 4.29. The Kier molecular flexibility index (Phi) is 10.3. The second-order valence-electron chi connectivity index (χ2n) is 6.27. The summed E-state index contributed by atoms with van der Waals surface area (Å²) >= 11 is 0. The largest absolute Gasteiger partial charge is 0.473 e. The van der Waals surface area contributed by atoms with Gasteiger partial charge in [-0.15, -0.1) is 0 Å². The zero-order valence-electron chi connectivity index (χ0n) is 19.2. The van der Waals surface area contributed by atoms with E-state index in [1.807, 2.05) is 65.0 Å². The number of allylic oxidation sites excluding steroid dienone is 1. The highest BCUT2D eigenvalue weighted by Crippen LogP contribution is 2.24. The molecule has 0 unspecified atom stereocenters. The molecule has 0 atom stereocenters. The molecule has 30 heavy (non-hydrogen) atoms. The number of hydrogen-bond donors (Lipinski definition) is 0. The number of oxime groups is 1. The third kappa shape index (κ3) is 6.17. The van der Waals surface area contributed by atoms with Gasteiger partial charge in [-0.3, -0.25) is 0 Å². The van der Waals surface area contributed by atoms with Crippen molar-refractivity contribution < 1.29 is 19.1 Å². The molecule has 1 aromatic carbocycles. The van der Waals surface area contributed by atoms with Crippen molar-refractivity contribution in [1.82, 2.24) is 4.98 Å². The minimum absolute atomic E-state index is 0.265. The molecule has 6 nitrogen and oxygen atoms in total. The number of carbonyl (C=O) groups excluding carboxylic acids is 1. The van der Waals surface area contributed by atoms with E-state index in [9.17, 15) is 4.79 Å². The van der Waals surface area contributed by atoms with Crippen LogP contribution in [0, 0.1) is 13.8 Å². The average molecular weight is 413 g/mol. The molecule has 0 N–H and O–H groups in total. The van der Waals surface area contributed by atoms with Gasteiger partial charge in [0.05, 0.1) is 18.4 Å². The molecule has 1 heterocycles. The summed E-state index contributed by atoms with van der Waals surface area (Å²) in [5.74, 6) is 0.134. The molecule has 0 fully saturated rings. The van der Waals surface area contributed by atoms with Crippen molar-refractivity contribution in [1.29, 1.82) is 0 Å². The molecule has 0 aliphatic carbocycles. The van der Waals surface area contributed by atoms with Crippen molar-refractivity contribution in [3.05, 3.63) is 64.4 Å². The van der Waals surface area contributed by atoms with E-state index >= 15 is 0 Å². The fraction of sp³-hybridized carbons (Fsp3) is 0.375. The first-order chi connectivity index (χ1) is 14.4. The van der Waals surface area contributed by atoms with Crippen molar-refractivity contribution in [2.75, 3.05) is 14.2 Å². The topological polar surface area (TPSA) is 70.0 Å². The van der Waals surface area contributed by atoms with Gasteiger partial charge in [0.15, 0.2) is 0 Å². The van der Waals surface area contributed by atoms with Crippen LogP contribution >= 0.6 is 0 Å². The highest BCUT2D eigenvalue weighted by Gasteiger charge is 2.16. The van der Waals surface area contributed by atoms with Gasteiger partial charge in [0.2, 0.25) is 5.88 Å². The summed E-state index contributed by atoms with van der Waals surface area (Å²) in [4.78, 5) is 21.5. The summed E-state index contributed by atoms with van der Waals surface area (Å²) in [6.45, 7) is 11.8. The van der Waals surface area contributed by atoms with E-state index in [0.29, 0.717) is 17.2 Å². The molecular formula is C24H32N2O4. The van der Waals surface area contributed by atoms with Crippen LogP contribution in [0.1, 0.15) is 55.6 Å². The van der Waals surface area contributed by atoms with E-state index in [1.165, 1.54) is 14.2 Å². The quantitative estimate of drug-likeness (QED) is 0.269. The zero-order chi connectivity index (χ0) is 22.7. The lowest BCUT2D eigenvalue weighted by Gasteiger charge is -2.15. The van der Waals surface area contributed by atoms with Crippen LogP contribution in [-0.2, 0) is 21.0 Å². The highest BCUT2D eigenvalue weighted by molar-refractivity contribution is 6.16. The number of aromatic nitrogens is 1. The van der Waals surface area contributed by atoms with E-state index in [-0.39, 0.29) is 12.6 Å². The maximum atomic E-state index is 12.1. The molecule has 0 radical (unpaired) electrons. The van der Waals surface area contributed by atoms with E-state index in [4.69, 9.17) is 14.3 Å². The summed E-state index contributed by atoms with van der Waals surface area (Å²) in [5, 5.41) is 3.96. The predicted molar refractivity (Wildman–Crippen MR) is 121 cm³/mol. The molecule has 1 aromatic heterocycles.